The van der Waals surface area contributed by atoms with E-state index in [9.17, 15) is 13.2 Å². The van der Waals surface area contributed by atoms with Crippen LogP contribution in [0.5, 0.6) is 5.75 Å². The van der Waals surface area contributed by atoms with Gasteiger partial charge in [0.25, 0.3) is 5.91 Å². The number of carbonyl (C=O) groups excluding carboxylic acids is 1. The molecule has 3 rings (SSSR count). The number of nitrogens with one attached hydrogen (secondary N) is 1. The molecule has 0 aliphatic rings. The lowest BCUT2D eigenvalue weighted by molar-refractivity contribution is 0.0741. The number of para-hydroxylation sites is 1. The number of ether oxygens (including phenoxy) is 1. The molecule has 1 amide bonds. The van der Waals surface area contributed by atoms with Crippen LogP contribution in [0.4, 0.5) is 0 Å². The van der Waals surface area contributed by atoms with Gasteiger partial charge < -0.3 is 9.64 Å². The van der Waals surface area contributed by atoms with Crippen molar-refractivity contribution in [3.05, 3.63) is 82.0 Å². The quantitative estimate of drug-likeness (QED) is 0.524. The van der Waals surface area contributed by atoms with E-state index in [0.29, 0.717) is 24.3 Å². The predicted molar refractivity (Wildman–Crippen MR) is 123 cm³/mol. The first-order chi connectivity index (χ1) is 14.8. The van der Waals surface area contributed by atoms with E-state index in [-0.39, 0.29) is 16.8 Å². The minimum atomic E-state index is -3.63. The number of benzene rings is 2. The van der Waals surface area contributed by atoms with Crippen LogP contribution in [-0.4, -0.2) is 39.9 Å². The molecular weight excluding hydrogens is 432 g/mol. The fraction of sp³-hybridized carbons (Fsp3) is 0.261. The molecule has 3 aromatic rings. The number of methoxy groups -OCH3 is 1. The number of hydrogen-bond donors (Lipinski definition) is 1. The first kappa shape index (κ1) is 23.0. The first-order valence-electron chi connectivity index (χ1n) is 9.85. The van der Waals surface area contributed by atoms with Gasteiger partial charge in [-0.2, -0.15) is 0 Å². The lowest BCUT2D eigenvalue weighted by Crippen LogP contribution is -2.30. The van der Waals surface area contributed by atoms with Crippen molar-refractivity contribution in [3.8, 4) is 5.75 Å². The number of carbonyl (C=O) groups is 1. The van der Waals surface area contributed by atoms with E-state index >= 15 is 0 Å². The molecule has 1 unspecified atom stereocenters. The SMILES string of the molecule is COc1ccccc1C(C)N(C)C(=O)c1ccc(S(=O)(=O)NCCc2cccs2)cc1. The summed E-state index contributed by atoms with van der Waals surface area (Å²) in [6, 6.07) is 17.3. The Kier molecular flexibility index (Phi) is 7.48. The molecule has 0 saturated heterocycles. The second kappa shape index (κ2) is 10.1. The number of sulfonamides is 1. The smallest absolute Gasteiger partial charge is 0.254 e. The molecule has 1 atom stereocenters. The maximum atomic E-state index is 12.9. The highest BCUT2D eigenvalue weighted by molar-refractivity contribution is 7.89. The fourth-order valence-corrected chi connectivity index (χ4v) is 4.96. The van der Waals surface area contributed by atoms with Crippen LogP contribution in [-0.2, 0) is 16.4 Å². The zero-order valence-electron chi connectivity index (χ0n) is 17.7. The van der Waals surface area contributed by atoms with E-state index in [2.05, 4.69) is 4.72 Å². The highest BCUT2D eigenvalue weighted by Gasteiger charge is 2.22. The molecule has 164 valence electrons. The third-order valence-electron chi connectivity index (χ3n) is 5.15. The summed E-state index contributed by atoms with van der Waals surface area (Å²) in [6.45, 7) is 2.24. The third kappa shape index (κ3) is 5.52. The summed E-state index contributed by atoms with van der Waals surface area (Å²) in [5, 5.41) is 1.96. The number of thiophene rings is 1. The molecular formula is C23H26N2O4S2. The molecule has 1 N–H and O–H groups in total. The van der Waals surface area contributed by atoms with Crippen molar-refractivity contribution in [1.29, 1.82) is 0 Å². The minimum Gasteiger partial charge on any atom is -0.496 e. The lowest BCUT2D eigenvalue weighted by Gasteiger charge is -2.26. The predicted octanol–water partition coefficient (Wildman–Crippen LogP) is 4.11. The van der Waals surface area contributed by atoms with Gasteiger partial charge in [-0.3, -0.25) is 4.79 Å². The molecule has 0 aliphatic heterocycles. The second-order valence-electron chi connectivity index (χ2n) is 7.09. The van der Waals surface area contributed by atoms with Crippen molar-refractivity contribution in [2.24, 2.45) is 0 Å². The summed E-state index contributed by atoms with van der Waals surface area (Å²) in [5.41, 5.74) is 1.32. The van der Waals surface area contributed by atoms with Crippen molar-refractivity contribution in [2.45, 2.75) is 24.3 Å². The van der Waals surface area contributed by atoms with Crippen molar-refractivity contribution < 1.29 is 17.9 Å². The van der Waals surface area contributed by atoms with Gasteiger partial charge in [-0.1, -0.05) is 24.3 Å². The molecule has 0 aliphatic carbocycles. The van der Waals surface area contributed by atoms with E-state index in [1.165, 1.54) is 12.1 Å². The largest absolute Gasteiger partial charge is 0.496 e. The molecule has 1 heterocycles. The van der Waals surface area contributed by atoms with Gasteiger partial charge in [0.1, 0.15) is 5.75 Å². The van der Waals surface area contributed by atoms with Gasteiger partial charge in [-0.25, -0.2) is 13.1 Å². The van der Waals surface area contributed by atoms with Gasteiger partial charge in [0.2, 0.25) is 10.0 Å². The van der Waals surface area contributed by atoms with Crippen LogP contribution in [0.1, 0.15) is 33.8 Å². The van der Waals surface area contributed by atoms with E-state index in [0.717, 1.165) is 10.4 Å². The maximum Gasteiger partial charge on any atom is 0.254 e. The van der Waals surface area contributed by atoms with Gasteiger partial charge in [0.05, 0.1) is 18.0 Å². The van der Waals surface area contributed by atoms with E-state index in [1.54, 1.807) is 42.5 Å². The van der Waals surface area contributed by atoms with Crippen LogP contribution < -0.4 is 9.46 Å². The average Bonchev–Trinajstić information content (AvgIpc) is 3.31. The van der Waals surface area contributed by atoms with E-state index < -0.39 is 10.0 Å². The summed E-state index contributed by atoms with van der Waals surface area (Å²) in [6.07, 6.45) is 0.638. The first-order valence-corrected chi connectivity index (χ1v) is 12.2. The molecule has 6 nitrogen and oxygen atoms in total. The number of amides is 1. The van der Waals surface area contributed by atoms with Gasteiger partial charge in [-0.05, 0) is 55.1 Å². The van der Waals surface area contributed by atoms with Gasteiger partial charge in [-0.15, -0.1) is 11.3 Å². The van der Waals surface area contributed by atoms with Crippen LogP contribution in [0.2, 0.25) is 0 Å². The van der Waals surface area contributed by atoms with Crippen LogP contribution in [0.3, 0.4) is 0 Å². The zero-order valence-corrected chi connectivity index (χ0v) is 19.4. The highest BCUT2D eigenvalue weighted by atomic mass is 32.2. The van der Waals surface area contributed by atoms with Gasteiger partial charge >= 0.3 is 0 Å². The van der Waals surface area contributed by atoms with E-state index in [4.69, 9.17) is 4.74 Å². The number of nitrogens with zero attached hydrogens (tertiary/aromatic N) is 1. The second-order valence-corrected chi connectivity index (χ2v) is 9.88. The van der Waals surface area contributed by atoms with Crippen molar-refractivity contribution in [3.63, 3.8) is 0 Å². The summed E-state index contributed by atoms with van der Waals surface area (Å²) >= 11 is 1.60. The Morgan fingerprint density at radius 2 is 1.81 bits per heavy atom. The summed E-state index contributed by atoms with van der Waals surface area (Å²) in [4.78, 5) is 15.8. The molecule has 0 spiro atoms. The Morgan fingerprint density at radius 1 is 1.10 bits per heavy atom. The molecule has 0 fully saturated rings. The van der Waals surface area contributed by atoms with Crippen LogP contribution in [0.25, 0.3) is 0 Å². The maximum absolute atomic E-state index is 12.9. The Labute approximate surface area is 187 Å². The topological polar surface area (TPSA) is 75.7 Å². The number of hydrogen-bond acceptors (Lipinski definition) is 5. The monoisotopic (exact) mass is 458 g/mol. The average molecular weight is 459 g/mol. The van der Waals surface area contributed by atoms with Crippen LogP contribution in [0.15, 0.2) is 70.9 Å². The Bertz CT molecular complexity index is 1110. The van der Waals surface area contributed by atoms with Gasteiger partial charge in [0.15, 0.2) is 0 Å². The highest BCUT2D eigenvalue weighted by Crippen LogP contribution is 2.29. The number of rotatable bonds is 9. The molecule has 0 bridgehead atoms. The van der Waals surface area contributed by atoms with Gasteiger partial charge in [0, 0.05) is 29.6 Å². The van der Waals surface area contributed by atoms with Crippen molar-refractivity contribution >= 4 is 27.3 Å². The Balaban J connectivity index is 1.67. The summed E-state index contributed by atoms with van der Waals surface area (Å²) in [7, 11) is -0.315. The summed E-state index contributed by atoms with van der Waals surface area (Å²) < 4.78 is 33.1. The lowest BCUT2D eigenvalue weighted by atomic mass is 10.0. The Morgan fingerprint density at radius 3 is 2.45 bits per heavy atom. The molecule has 0 saturated carbocycles. The standard InChI is InChI=1S/C23H26N2O4S2/c1-17(21-8-4-5-9-22(21)29-3)25(2)23(26)18-10-12-20(13-11-18)31(27,28)24-15-14-19-7-6-16-30-19/h4-13,16-17,24H,14-15H2,1-3H3. The molecule has 1 aromatic heterocycles. The summed E-state index contributed by atoms with van der Waals surface area (Å²) in [5.74, 6) is 0.512. The molecule has 31 heavy (non-hydrogen) atoms. The molecule has 8 heteroatoms. The normalized spacial score (nSPS) is 12.4. The van der Waals surface area contributed by atoms with Crippen LogP contribution >= 0.6 is 11.3 Å². The minimum absolute atomic E-state index is 0.135. The van der Waals surface area contributed by atoms with Crippen molar-refractivity contribution in [1.82, 2.24) is 9.62 Å². The Hall–Kier alpha value is -2.68. The van der Waals surface area contributed by atoms with Crippen molar-refractivity contribution in [2.75, 3.05) is 20.7 Å². The molecule has 0 radical (unpaired) electrons. The molecule has 2 aromatic carbocycles. The van der Waals surface area contributed by atoms with E-state index in [1.807, 2.05) is 48.7 Å². The zero-order chi connectivity index (χ0) is 22.4. The fourth-order valence-electron chi connectivity index (χ4n) is 3.22. The van der Waals surface area contributed by atoms with Crippen LogP contribution in [0, 0.1) is 0 Å². The third-order valence-corrected chi connectivity index (χ3v) is 7.56.